The number of rotatable bonds is 14. The van der Waals surface area contributed by atoms with Crippen molar-refractivity contribution in [3.63, 3.8) is 0 Å². The Morgan fingerprint density at radius 2 is 1.45 bits per heavy atom. The van der Waals surface area contributed by atoms with Crippen LogP contribution in [0.25, 0.3) is 0 Å². The molecular formula is C16H33NO3. The Balaban J connectivity index is 3.63. The number of nitrogens with one attached hydrogen (secondary N) is 1. The van der Waals surface area contributed by atoms with Crippen LogP contribution in [0.5, 0.6) is 0 Å². The monoisotopic (exact) mass is 287 g/mol. The van der Waals surface area contributed by atoms with Gasteiger partial charge in [0.1, 0.15) is 12.3 Å². The minimum absolute atomic E-state index is 0.583. The molecule has 4 nitrogen and oxygen atoms in total. The molecule has 4 heteroatoms. The molecule has 0 aromatic carbocycles. The molecule has 2 atom stereocenters. The first-order valence-corrected chi connectivity index (χ1v) is 8.28. The van der Waals surface area contributed by atoms with E-state index < -0.39 is 18.2 Å². The van der Waals surface area contributed by atoms with Gasteiger partial charge in [-0.15, -0.1) is 0 Å². The Kier molecular flexibility index (Phi) is 13.0. The maximum absolute atomic E-state index is 11.0. The second-order valence-electron chi connectivity index (χ2n) is 5.63. The Hall–Kier alpha value is -0.610. The summed E-state index contributed by atoms with van der Waals surface area (Å²) in [5, 5.41) is 21.7. The molecule has 0 rings (SSSR count). The van der Waals surface area contributed by atoms with E-state index in [1.807, 2.05) is 6.92 Å². The molecule has 0 aromatic heterocycles. The van der Waals surface area contributed by atoms with E-state index >= 15 is 0 Å². The van der Waals surface area contributed by atoms with E-state index in [9.17, 15) is 9.90 Å². The molecule has 0 aliphatic heterocycles. The number of hydrogen-bond acceptors (Lipinski definition) is 3. The van der Waals surface area contributed by atoms with Gasteiger partial charge in [-0.25, -0.2) is 0 Å². The minimum atomic E-state index is -0.864. The zero-order chi connectivity index (χ0) is 15.2. The lowest BCUT2D eigenvalue weighted by atomic mass is 10.1. The third-order valence-electron chi connectivity index (χ3n) is 3.62. The van der Waals surface area contributed by atoms with Gasteiger partial charge in [0.2, 0.25) is 0 Å². The van der Waals surface area contributed by atoms with Gasteiger partial charge in [0.25, 0.3) is 0 Å². The van der Waals surface area contributed by atoms with Gasteiger partial charge in [0.15, 0.2) is 0 Å². The van der Waals surface area contributed by atoms with Crippen molar-refractivity contribution in [2.75, 3.05) is 0 Å². The molecule has 20 heavy (non-hydrogen) atoms. The summed E-state index contributed by atoms with van der Waals surface area (Å²) in [6.07, 6.45) is 10.8. The Morgan fingerprint density at radius 1 is 0.900 bits per heavy atom. The van der Waals surface area contributed by atoms with Gasteiger partial charge < -0.3 is 10.2 Å². The average molecular weight is 287 g/mol. The van der Waals surface area contributed by atoms with E-state index in [4.69, 9.17) is 5.11 Å². The first kappa shape index (κ1) is 19.4. The highest BCUT2D eigenvalue weighted by atomic mass is 16.4. The van der Waals surface area contributed by atoms with Crippen molar-refractivity contribution in [1.82, 2.24) is 5.32 Å². The van der Waals surface area contributed by atoms with E-state index in [1.165, 1.54) is 32.1 Å². The third kappa shape index (κ3) is 11.2. The van der Waals surface area contributed by atoms with Gasteiger partial charge in [-0.05, 0) is 19.3 Å². The fraction of sp³-hybridized carbons (Fsp3) is 0.938. The van der Waals surface area contributed by atoms with E-state index in [0.29, 0.717) is 12.8 Å². The van der Waals surface area contributed by atoms with Crippen LogP contribution in [0.3, 0.4) is 0 Å². The predicted molar refractivity (Wildman–Crippen MR) is 82.7 cm³/mol. The highest BCUT2D eigenvalue weighted by molar-refractivity contribution is 5.73. The number of hydrogen-bond donors (Lipinski definition) is 3. The maximum Gasteiger partial charge on any atom is 0.320 e. The maximum atomic E-state index is 11.0. The molecular weight excluding hydrogens is 254 g/mol. The van der Waals surface area contributed by atoms with Crippen LogP contribution in [0, 0.1) is 0 Å². The minimum Gasteiger partial charge on any atom is -0.480 e. The van der Waals surface area contributed by atoms with Crippen LogP contribution in [0.1, 0.15) is 84.5 Å². The summed E-state index contributed by atoms with van der Waals surface area (Å²) in [6.45, 7) is 4.24. The lowest BCUT2D eigenvalue weighted by molar-refractivity contribution is -0.140. The highest BCUT2D eigenvalue weighted by Crippen LogP contribution is 2.10. The average Bonchev–Trinajstić information content (AvgIpc) is 2.42. The number of aliphatic hydroxyl groups is 1. The lowest BCUT2D eigenvalue weighted by Gasteiger charge is -2.19. The van der Waals surface area contributed by atoms with Gasteiger partial charge >= 0.3 is 5.97 Å². The van der Waals surface area contributed by atoms with Crippen LogP contribution in [0.4, 0.5) is 0 Å². The summed E-state index contributed by atoms with van der Waals surface area (Å²) in [6, 6.07) is -0.616. The SMILES string of the molecule is CCCCCCCCCC(O)NC(CCCC)C(=O)O. The van der Waals surface area contributed by atoms with E-state index in [-0.39, 0.29) is 0 Å². The summed E-state index contributed by atoms with van der Waals surface area (Å²) in [7, 11) is 0. The second-order valence-corrected chi connectivity index (χ2v) is 5.63. The quantitative estimate of drug-likeness (QED) is 0.337. The van der Waals surface area contributed by atoms with Crippen LogP contribution < -0.4 is 5.32 Å². The normalized spacial score (nSPS) is 14.2. The largest absolute Gasteiger partial charge is 0.480 e. The molecule has 0 saturated carbocycles. The summed E-state index contributed by atoms with van der Waals surface area (Å²) in [4.78, 5) is 11.0. The molecule has 0 amide bonds. The number of carbonyl (C=O) groups is 1. The second kappa shape index (κ2) is 13.4. The van der Waals surface area contributed by atoms with Crippen LogP contribution in [-0.4, -0.2) is 28.5 Å². The first-order chi connectivity index (χ1) is 9.61. The first-order valence-electron chi connectivity index (χ1n) is 8.28. The van der Waals surface area contributed by atoms with E-state index in [1.54, 1.807) is 0 Å². The molecule has 0 aliphatic carbocycles. The number of aliphatic carboxylic acids is 1. The van der Waals surface area contributed by atoms with Crippen molar-refractivity contribution in [2.45, 2.75) is 96.7 Å². The van der Waals surface area contributed by atoms with E-state index in [0.717, 1.165) is 25.7 Å². The Bertz CT molecular complexity index is 234. The van der Waals surface area contributed by atoms with Crippen molar-refractivity contribution >= 4 is 5.97 Å². The predicted octanol–water partition coefficient (Wildman–Crippen LogP) is 3.68. The Morgan fingerprint density at radius 3 is 2.00 bits per heavy atom. The molecule has 0 aliphatic rings. The topological polar surface area (TPSA) is 69.6 Å². The van der Waals surface area contributed by atoms with E-state index in [2.05, 4.69) is 12.2 Å². The zero-order valence-electron chi connectivity index (χ0n) is 13.2. The van der Waals surface area contributed by atoms with Gasteiger partial charge in [-0.1, -0.05) is 65.2 Å². The molecule has 0 aromatic rings. The zero-order valence-corrected chi connectivity index (χ0v) is 13.2. The number of unbranched alkanes of at least 4 members (excludes halogenated alkanes) is 7. The fourth-order valence-corrected chi connectivity index (χ4v) is 2.30. The summed E-state index contributed by atoms with van der Waals surface area (Å²) < 4.78 is 0. The van der Waals surface area contributed by atoms with Crippen LogP contribution in [-0.2, 0) is 4.79 Å². The standard InChI is InChI=1S/C16H33NO3/c1-3-5-7-8-9-10-11-13-15(18)17-14(16(19)20)12-6-4-2/h14-15,17-18H,3-13H2,1-2H3,(H,19,20). The molecule has 2 unspecified atom stereocenters. The van der Waals surface area contributed by atoms with Crippen molar-refractivity contribution < 1.29 is 15.0 Å². The molecule has 0 fully saturated rings. The van der Waals surface area contributed by atoms with Crippen molar-refractivity contribution in [3.05, 3.63) is 0 Å². The molecule has 0 bridgehead atoms. The number of carboxylic acid groups (broad SMARTS) is 1. The van der Waals surface area contributed by atoms with Gasteiger partial charge in [-0.2, -0.15) is 0 Å². The van der Waals surface area contributed by atoms with Crippen LogP contribution in [0.2, 0.25) is 0 Å². The molecule has 120 valence electrons. The van der Waals surface area contributed by atoms with Crippen molar-refractivity contribution in [2.24, 2.45) is 0 Å². The van der Waals surface area contributed by atoms with Gasteiger partial charge in [-0.3, -0.25) is 10.1 Å². The Labute approximate surface area is 124 Å². The number of carboxylic acids is 1. The van der Waals surface area contributed by atoms with Crippen molar-refractivity contribution in [3.8, 4) is 0 Å². The number of aliphatic hydroxyl groups excluding tert-OH is 1. The fourth-order valence-electron chi connectivity index (χ4n) is 2.30. The third-order valence-corrected chi connectivity index (χ3v) is 3.62. The summed E-state index contributed by atoms with van der Waals surface area (Å²) in [5.41, 5.74) is 0. The molecule has 3 N–H and O–H groups in total. The molecule has 0 saturated heterocycles. The van der Waals surface area contributed by atoms with Gasteiger partial charge in [0.05, 0.1) is 0 Å². The van der Waals surface area contributed by atoms with Crippen LogP contribution in [0.15, 0.2) is 0 Å². The summed E-state index contributed by atoms with van der Waals surface area (Å²) in [5.74, 6) is -0.864. The van der Waals surface area contributed by atoms with Gasteiger partial charge in [0, 0.05) is 0 Å². The molecule has 0 spiro atoms. The van der Waals surface area contributed by atoms with Crippen molar-refractivity contribution in [1.29, 1.82) is 0 Å². The van der Waals surface area contributed by atoms with Crippen LogP contribution >= 0.6 is 0 Å². The smallest absolute Gasteiger partial charge is 0.320 e. The highest BCUT2D eigenvalue weighted by Gasteiger charge is 2.19. The lowest BCUT2D eigenvalue weighted by Crippen LogP contribution is -2.43. The molecule has 0 radical (unpaired) electrons. The molecule has 0 heterocycles. The summed E-state index contributed by atoms with van der Waals surface area (Å²) >= 11 is 0.